The van der Waals surface area contributed by atoms with Gasteiger partial charge in [-0.05, 0) is 45.9 Å². The summed E-state index contributed by atoms with van der Waals surface area (Å²) >= 11 is 5.67. The summed E-state index contributed by atoms with van der Waals surface area (Å²) in [5.74, 6) is 1.67. The van der Waals surface area contributed by atoms with E-state index in [1.165, 1.54) is 32.5 Å². The van der Waals surface area contributed by atoms with Gasteiger partial charge in [0, 0.05) is 19.0 Å². The SMILES string of the molecule is CN(CCCl)CCC1CCN(C)C1. The van der Waals surface area contributed by atoms with Crippen LogP contribution in [-0.4, -0.2) is 56.0 Å². The summed E-state index contributed by atoms with van der Waals surface area (Å²) in [6.07, 6.45) is 2.71. The summed E-state index contributed by atoms with van der Waals surface area (Å²) in [4.78, 5) is 4.75. The molecule has 1 unspecified atom stereocenters. The zero-order valence-electron chi connectivity index (χ0n) is 8.80. The van der Waals surface area contributed by atoms with Gasteiger partial charge in [-0.2, -0.15) is 0 Å². The van der Waals surface area contributed by atoms with Gasteiger partial charge in [0.25, 0.3) is 0 Å². The molecule has 78 valence electrons. The zero-order chi connectivity index (χ0) is 9.68. The second kappa shape index (κ2) is 5.84. The first-order valence-corrected chi connectivity index (χ1v) is 5.69. The molecule has 0 aromatic carbocycles. The monoisotopic (exact) mass is 204 g/mol. The lowest BCUT2D eigenvalue weighted by Gasteiger charge is -2.17. The van der Waals surface area contributed by atoms with Crippen molar-refractivity contribution in [1.82, 2.24) is 9.80 Å². The molecule has 0 aromatic rings. The summed E-state index contributed by atoms with van der Waals surface area (Å²) in [5.41, 5.74) is 0. The van der Waals surface area contributed by atoms with Crippen LogP contribution in [0.1, 0.15) is 12.8 Å². The lowest BCUT2D eigenvalue weighted by Crippen LogP contribution is -2.24. The van der Waals surface area contributed by atoms with Crippen molar-refractivity contribution in [3.05, 3.63) is 0 Å². The third-order valence-corrected chi connectivity index (χ3v) is 3.04. The number of nitrogens with zero attached hydrogens (tertiary/aromatic N) is 2. The van der Waals surface area contributed by atoms with Gasteiger partial charge >= 0.3 is 0 Å². The Kier molecular flexibility index (Phi) is 5.07. The Morgan fingerprint density at radius 2 is 2.23 bits per heavy atom. The maximum absolute atomic E-state index is 5.67. The van der Waals surface area contributed by atoms with Crippen LogP contribution in [0.3, 0.4) is 0 Å². The van der Waals surface area contributed by atoms with Crippen LogP contribution in [0.2, 0.25) is 0 Å². The van der Waals surface area contributed by atoms with Crippen LogP contribution in [0.25, 0.3) is 0 Å². The lowest BCUT2D eigenvalue weighted by molar-refractivity contribution is 0.310. The van der Waals surface area contributed by atoms with E-state index >= 15 is 0 Å². The zero-order valence-corrected chi connectivity index (χ0v) is 9.56. The second-order valence-electron chi connectivity index (χ2n) is 4.20. The Labute approximate surface area is 86.8 Å². The molecule has 3 heteroatoms. The fourth-order valence-corrected chi connectivity index (χ4v) is 2.21. The van der Waals surface area contributed by atoms with Gasteiger partial charge < -0.3 is 9.80 Å². The summed E-state index contributed by atoms with van der Waals surface area (Å²) in [6.45, 7) is 4.79. The average Bonchev–Trinajstić information content (AvgIpc) is 2.49. The molecule has 13 heavy (non-hydrogen) atoms. The topological polar surface area (TPSA) is 6.48 Å². The Hall–Kier alpha value is 0.210. The van der Waals surface area contributed by atoms with Gasteiger partial charge in [-0.25, -0.2) is 0 Å². The van der Waals surface area contributed by atoms with E-state index in [2.05, 4.69) is 23.9 Å². The van der Waals surface area contributed by atoms with Gasteiger partial charge in [0.05, 0.1) is 0 Å². The number of hydrogen-bond donors (Lipinski definition) is 0. The molecule has 1 atom stereocenters. The number of rotatable bonds is 5. The van der Waals surface area contributed by atoms with Crippen LogP contribution >= 0.6 is 11.6 Å². The number of halogens is 1. The third-order valence-electron chi connectivity index (χ3n) is 2.87. The number of likely N-dealkylation sites (tertiary alicyclic amines) is 1. The van der Waals surface area contributed by atoms with Crippen LogP contribution in [-0.2, 0) is 0 Å². The number of alkyl halides is 1. The molecule has 0 saturated carbocycles. The average molecular weight is 205 g/mol. The molecular weight excluding hydrogens is 184 g/mol. The standard InChI is InChI=1S/C10H21ClN2/c1-12(8-5-11)6-3-10-4-7-13(2)9-10/h10H,3-9H2,1-2H3. The smallest absolute Gasteiger partial charge is 0.0351 e. The van der Waals surface area contributed by atoms with E-state index in [4.69, 9.17) is 11.6 Å². The van der Waals surface area contributed by atoms with Gasteiger partial charge in [0.15, 0.2) is 0 Å². The molecule has 1 fully saturated rings. The summed E-state index contributed by atoms with van der Waals surface area (Å²) in [7, 11) is 4.36. The molecule has 0 aromatic heterocycles. The summed E-state index contributed by atoms with van der Waals surface area (Å²) in [6, 6.07) is 0. The molecule has 1 aliphatic heterocycles. The predicted molar refractivity (Wildman–Crippen MR) is 58.4 cm³/mol. The van der Waals surface area contributed by atoms with Crippen molar-refractivity contribution in [3.63, 3.8) is 0 Å². The maximum Gasteiger partial charge on any atom is 0.0351 e. The maximum atomic E-state index is 5.67. The molecule has 0 radical (unpaired) electrons. The first kappa shape index (κ1) is 11.3. The minimum atomic E-state index is 0.751. The van der Waals surface area contributed by atoms with Crippen molar-refractivity contribution >= 4 is 11.6 Å². The van der Waals surface area contributed by atoms with Crippen molar-refractivity contribution in [2.75, 3.05) is 46.2 Å². The molecule has 1 saturated heterocycles. The summed E-state index contributed by atoms with van der Waals surface area (Å²) < 4.78 is 0. The Morgan fingerprint density at radius 1 is 1.46 bits per heavy atom. The highest BCUT2D eigenvalue weighted by Crippen LogP contribution is 2.17. The van der Waals surface area contributed by atoms with Crippen molar-refractivity contribution in [2.45, 2.75) is 12.8 Å². The molecule has 0 amide bonds. The molecule has 1 aliphatic rings. The van der Waals surface area contributed by atoms with E-state index in [0.29, 0.717) is 0 Å². The Bertz CT molecular complexity index is 141. The second-order valence-corrected chi connectivity index (χ2v) is 4.58. The predicted octanol–water partition coefficient (Wildman–Crippen LogP) is 1.50. The van der Waals surface area contributed by atoms with Crippen LogP contribution < -0.4 is 0 Å². The molecule has 1 heterocycles. The Morgan fingerprint density at radius 3 is 2.77 bits per heavy atom. The third kappa shape index (κ3) is 4.30. The minimum Gasteiger partial charge on any atom is -0.306 e. The van der Waals surface area contributed by atoms with E-state index in [0.717, 1.165) is 18.3 Å². The molecule has 0 bridgehead atoms. The fourth-order valence-electron chi connectivity index (χ4n) is 1.92. The lowest BCUT2D eigenvalue weighted by atomic mass is 10.1. The summed E-state index contributed by atoms with van der Waals surface area (Å²) in [5, 5.41) is 0. The Balaban J connectivity index is 2.05. The van der Waals surface area contributed by atoms with Crippen molar-refractivity contribution < 1.29 is 0 Å². The molecule has 0 spiro atoms. The quantitative estimate of drug-likeness (QED) is 0.627. The van der Waals surface area contributed by atoms with Gasteiger partial charge in [-0.15, -0.1) is 11.6 Å². The van der Waals surface area contributed by atoms with Gasteiger partial charge in [-0.1, -0.05) is 0 Å². The highest BCUT2D eigenvalue weighted by Gasteiger charge is 2.18. The van der Waals surface area contributed by atoms with E-state index in [9.17, 15) is 0 Å². The first-order valence-electron chi connectivity index (χ1n) is 5.15. The van der Waals surface area contributed by atoms with E-state index in [1.54, 1.807) is 0 Å². The van der Waals surface area contributed by atoms with Gasteiger partial charge in [0.1, 0.15) is 0 Å². The van der Waals surface area contributed by atoms with Crippen molar-refractivity contribution in [1.29, 1.82) is 0 Å². The molecule has 0 N–H and O–H groups in total. The van der Waals surface area contributed by atoms with E-state index in [1.807, 2.05) is 0 Å². The van der Waals surface area contributed by atoms with Crippen LogP contribution in [0, 0.1) is 5.92 Å². The largest absolute Gasteiger partial charge is 0.306 e. The fraction of sp³-hybridized carbons (Fsp3) is 1.00. The highest BCUT2D eigenvalue weighted by molar-refractivity contribution is 6.18. The highest BCUT2D eigenvalue weighted by atomic mass is 35.5. The van der Waals surface area contributed by atoms with E-state index in [-0.39, 0.29) is 0 Å². The number of hydrogen-bond acceptors (Lipinski definition) is 2. The normalized spacial score (nSPS) is 24.5. The van der Waals surface area contributed by atoms with Crippen LogP contribution in [0.4, 0.5) is 0 Å². The van der Waals surface area contributed by atoms with Gasteiger partial charge in [0.2, 0.25) is 0 Å². The van der Waals surface area contributed by atoms with Crippen LogP contribution in [0.5, 0.6) is 0 Å². The van der Waals surface area contributed by atoms with E-state index < -0.39 is 0 Å². The molecule has 2 nitrogen and oxygen atoms in total. The minimum absolute atomic E-state index is 0.751. The van der Waals surface area contributed by atoms with Crippen molar-refractivity contribution in [2.24, 2.45) is 5.92 Å². The molecule has 0 aliphatic carbocycles. The first-order chi connectivity index (χ1) is 6.22. The van der Waals surface area contributed by atoms with Crippen LogP contribution in [0.15, 0.2) is 0 Å². The molecule has 1 rings (SSSR count). The van der Waals surface area contributed by atoms with Crippen molar-refractivity contribution in [3.8, 4) is 0 Å². The molecular formula is C10H21ClN2. The van der Waals surface area contributed by atoms with Gasteiger partial charge in [-0.3, -0.25) is 0 Å².